The smallest absolute Gasteiger partial charge is 0.236 e. The SMILES string of the molecule is Cc1ccc2nc(NC(=O)CSc3ccc(F)cc3F)sc2c1. The normalized spacial score (nSPS) is 10.9. The summed E-state index contributed by atoms with van der Waals surface area (Å²) in [6.45, 7) is 1.99. The van der Waals surface area contributed by atoms with Crippen LogP contribution in [0.4, 0.5) is 13.9 Å². The maximum atomic E-state index is 13.5. The van der Waals surface area contributed by atoms with Crippen LogP contribution in [-0.2, 0) is 4.79 Å². The lowest BCUT2D eigenvalue weighted by molar-refractivity contribution is -0.113. The lowest BCUT2D eigenvalue weighted by Gasteiger charge is -2.03. The van der Waals surface area contributed by atoms with E-state index in [0.29, 0.717) is 5.13 Å². The predicted molar refractivity (Wildman–Crippen MR) is 90.1 cm³/mol. The summed E-state index contributed by atoms with van der Waals surface area (Å²) in [7, 11) is 0. The summed E-state index contributed by atoms with van der Waals surface area (Å²) in [4.78, 5) is 16.5. The highest BCUT2D eigenvalue weighted by molar-refractivity contribution is 8.00. The number of hydrogen-bond donors (Lipinski definition) is 1. The number of aryl methyl sites for hydroxylation is 1. The zero-order chi connectivity index (χ0) is 16.4. The fourth-order valence-electron chi connectivity index (χ4n) is 1.98. The number of benzene rings is 2. The molecule has 3 rings (SSSR count). The molecule has 2 aromatic carbocycles. The van der Waals surface area contributed by atoms with Gasteiger partial charge in [0, 0.05) is 11.0 Å². The molecule has 0 saturated heterocycles. The highest BCUT2D eigenvalue weighted by Crippen LogP contribution is 2.27. The Morgan fingerprint density at radius 3 is 2.87 bits per heavy atom. The van der Waals surface area contributed by atoms with Crippen molar-refractivity contribution >= 4 is 44.4 Å². The van der Waals surface area contributed by atoms with Crippen molar-refractivity contribution in [2.24, 2.45) is 0 Å². The number of nitrogens with zero attached hydrogens (tertiary/aromatic N) is 1. The summed E-state index contributed by atoms with van der Waals surface area (Å²) in [6.07, 6.45) is 0. The van der Waals surface area contributed by atoms with Crippen LogP contribution in [-0.4, -0.2) is 16.6 Å². The third kappa shape index (κ3) is 3.86. The predicted octanol–water partition coefficient (Wildman–Crippen LogP) is 4.61. The van der Waals surface area contributed by atoms with Gasteiger partial charge in [-0.05, 0) is 36.8 Å². The molecule has 1 heterocycles. The molecule has 0 aliphatic rings. The molecule has 3 nitrogen and oxygen atoms in total. The maximum absolute atomic E-state index is 13.5. The second kappa shape index (κ2) is 6.64. The van der Waals surface area contributed by atoms with Gasteiger partial charge in [-0.2, -0.15) is 0 Å². The summed E-state index contributed by atoms with van der Waals surface area (Å²) in [5.41, 5.74) is 1.95. The van der Waals surface area contributed by atoms with E-state index >= 15 is 0 Å². The molecule has 0 atom stereocenters. The number of thioether (sulfide) groups is 1. The number of rotatable bonds is 4. The van der Waals surface area contributed by atoms with Crippen LogP contribution in [0, 0.1) is 18.6 Å². The van der Waals surface area contributed by atoms with E-state index in [2.05, 4.69) is 10.3 Å². The number of thiazole rings is 1. The molecule has 7 heteroatoms. The van der Waals surface area contributed by atoms with Gasteiger partial charge in [-0.3, -0.25) is 4.79 Å². The Bertz CT molecular complexity index is 880. The van der Waals surface area contributed by atoms with Crippen molar-refractivity contribution in [3.05, 3.63) is 53.6 Å². The zero-order valence-electron chi connectivity index (χ0n) is 12.1. The largest absolute Gasteiger partial charge is 0.301 e. The van der Waals surface area contributed by atoms with Gasteiger partial charge in [-0.15, -0.1) is 11.8 Å². The molecular weight excluding hydrogens is 338 g/mol. The van der Waals surface area contributed by atoms with E-state index in [1.165, 1.54) is 23.5 Å². The lowest BCUT2D eigenvalue weighted by Crippen LogP contribution is -2.13. The Hall–Kier alpha value is -1.99. The van der Waals surface area contributed by atoms with Gasteiger partial charge in [0.15, 0.2) is 5.13 Å². The first-order chi connectivity index (χ1) is 11.0. The maximum Gasteiger partial charge on any atom is 0.236 e. The molecule has 3 aromatic rings. The van der Waals surface area contributed by atoms with E-state index in [9.17, 15) is 13.6 Å². The second-order valence-electron chi connectivity index (χ2n) is 4.90. The molecule has 0 unspecified atom stereocenters. The van der Waals surface area contributed by atoms with Crippen LogP contribution in [0.5, 0.6) is 0 Å². The van der Waals surface area contributed by atoms with Crippen LogP contribution in [0.25, 0.3) is 10.2 Å². The van der Waals surface area contributed by atoms with Crippen LogP contribution in [0.2, 0.25) is 0 Å². The highest BCUT2D eigenvalue weighted by atomic mass is 32.2. The Labute approximate surface area is 139 Å². The molecule has 23 heavy (non-hydrogen) atoms. The van der Waals surface area contributed by atoms with Crippen molar-refractivity contribution < 1.29 is 13.6 Å². The number of fused-ring (bicyclic) bond motifs is 1. The van der Waals surface area contributed by atoms with E-state index in [1.807, 2.05) is 25.1 Å². The molecule has 0 aliphatic heterocycles. The van der Waals surface area contributed by atoms with Crippen molar-refractivity contribution in [1.82, 2.24) is 4.98 Å². The van der Waals surface area contributed by atoms with Crippen LogP contribution < -0.4 is 5.32 Å². The van der Waals surface area contributed by atoms with Crippen LogP contribution >= 0.6 is 23.1 Å². The first-order valence-electron chi connectivity index (χ1n) is 6.76. The van der Waals surface area contributed by atoms with E-state index < -0.39 is 11.6 Å². The molecule has 1 N–H and O–H groups in total. The Kier molecular flexibility index (Phi) is 4.58. The van der Waals surface area contributed by atoms with E-state index in [1.54, 1.807) is 0 Å². The first-order valence-corrected chi connectivity index (χ1v) is 8.56. The topological polar surface area (TPSA) is 42.0 Å². The average molecular weight is 350 g/mol. The van der Waals surface area contributed by atoms with Gasteiger partial charge >= 0.3 is 0 Å². The minimum absolute atomic E-state index is 0.0253. The quantitative estimate of drug-likeness (QED) is 0.699. The van der Waals surface area contributed by atoms with Crippen molar-refractivity contribution in [3.8, 4) is 0 Å². The minimum Gasteiger partial charge on any atom is -0.301 e. The van der Waals surface area contributed by atoms with Gasteiger partial charge in [0.05, 0.1) is 16.0 Å². The van der Waals surface area contributed by atoms with Gasteiger partial charge < -0.3 is 5.32 Å². The van der Waals surface area contributed by atoms with Crippen LogP contribution in [0.15, 0.2) is 41.3 Å². The number of carbonyl (C=O) groups excluding carboxylic acids is 1. The standard InChI is InChI=1S/C16H12F2N2OS2/c1-9-2-4-12-14(6-9)23-16(19-12)20-15(21)8-22-13-5-3-10(17)7-11(13)18/h2-7H,8H2,1H3,(H,19,20,21). The third-order valence-electron chi connectivity index (χ3n) is 3.04. The van der Waals surface area contributed by atoms with Crippen molar-refractivity contribution in [2.45, 2.75) is 11.8 Å². The molecule has 0 spiro atoms. The first kappa shape index (κ1) is 15.9. The summed E-state index contributed by atoms with van der Waals surface area (Å²) >= 11 is 2.41. The Morgan fingerprint density at radius 1 is 1.26 bits per heavy atom. The monoisotopic (exact) mass is 350 g/mol. The highest BCUT2D eigenvalue weighted by Gasteiger charge is 2.10. The summed E-state index contributed by atoms with van der Waals surface area (Å²) in [6, 6.07) is 9.16. The molecule has 0 bridgehead atoms. The van der Waals surface area contributed by atoms with Crippen LogP contribution in [0.3, 0.4) is 0 Å². The van der Waals surface area contributed by atoms with Crippen molar-refractivity contribution in [1.29, 1.82) is 0 Å². The van der Waals surface area contributed by atoms with Gasteiger partial charge in [-0.25, -0.2) is 13.8 Å². The Morgan fingerprint density at radius 2 is 2.09 bits per heavy atom. The van der Waals surface area contributed by atoms with E-state index in [4.69, 9.17) is 0 Å². The number of aromatic nitrogens is 1. The number of hydrogen-bond acceptors (Lipinski definition) is 4. The lowest BCUT2D eigenvalue weighted by atomic mass is 10.2. The summed E-state index contributed by atoms with van der Waals surface area (Å²) in [5, 5.41) is 3.21. The molecule has 1 amide bonds. The number of amides is 1. The molecule has 118 valence electrons. The summed E-state index contributed by atoms with van der Waals surface area (Å²) < 4.78 is 27.3. The molecule has 0 aliphatic carbocycles. The molecular formula is C16H12F2N2OS2. The Balaban J connectivity index is 1.64. The minimum atomic E-state index is -0.668. The number of nitrogens with one attached hydrogen (secondary N) is 1. The molecule has 0 fully saturated rings. The molecule has 0 saturated carbocycles. The number of carbonyl (C=O) groups is 1. The number of halogens is 2. The fourth-order valence-corrected chi connectivity index (χ4v) is 3.68. The summed E-state index contributed by atoms with van der Waals surface area (Å²) in [5.74, 6) is -1.56. The van der Waals surface area contributed by atoms with Gasteiger partial charge in [-0.1, -0.05) is 17.4 Å². The number of anilines is 1. The van der Waals surface area contributed by atoms with Gasteiger partial charge in [0.1, 0.15) is 11.6 Å². The molecule has 1 aromatic heterocycles. The fraction of sp³-hybridized carbons (Fsp3) is 0.125. The van der Waals surface area contributed by atoms with E-state index in [-0.39, 0.29) is 16.6 Å². The van der Waals surface area contributed by atoms with Crippen LogP contribution in [0.1, 0.15) is 5.56 Å². The third-order valence-corrected chi connectivity index (χ3v) is 5.03. The second-order valence-corrected chi connectivity index (χ2v) is 6.95. The average Bonchev–Trinajstić information content (AvgIpc) is 2.87. The van der Waals surface area contributed by atoms with Gasteiger partial charge in [0.25, 0.3) is 0 Å². The van der Waals surface area contributed by atoms with Crippen molar-refractivity contribution in [3.63, 3.8) is 0 Å². The van der Waals surface area contributed by atoms with Gasteiger partial charge in [0.2, 0.25) is 5.91 Å². The van der Waals surface area contributed by atoms with Crippen molar-refractivity contribution in [2.75, 3.05) is 11.1 Å². The van der Waals surface area contributed by atoms with E-state index in [0.717, 1.165) is 33.6 Å². The molecule has 0 radical (unpaired) electrons. The zero-order valence-corrected chi connectivity index (χ0v) is 13.7.